The average molecular weight is 145 g/mol. The Balaban J connectivity index is 2.39. The molecule has 10 heavy (non-hydrogen) atoms. The summed E-state index contributed by atoms with van der Waals surface area (Å²) in [6, 6.07) is 0. The fourth-order valence-electron chi connectivity index (χ4n) is 0.944. The van der Waals surface area contributed by atoms with Crippen molar-refractivity contribution >= 4 is 5.97 Å². The number of carbonyl (C=O) groups is 1. The molecular formula is C6H9O4-. The molecule has 2 atom stereocenters. The molecule has 0 amide bonds. The molecule has 0 spiro atoms. The van der Waals surface area contributed by atoms with Crippen LogP contribution in [0.4, 0.5) is 0 Å². The molecule has 0 aliphatic carbocycles. The average Bonchev–Trinajstić information content (AvgIpc) is 1.88. The number of carbonyl (C=O) groups excluding carboxylic acids is 1. The molecule has 0 aromatic carbocycles. The minimum Gasteiger partial charge on any atom is -0.547 e. The number of hydrogen-bond donors (Lipinski definition) is 1. The molecule has 1 aliphatic heterocycles. The first kappa shape index (κ1) is 7.50. The highest BCUT2D eigenvalue weighted by molar-refractivity contribution is 5.70. The van der Waals surface area contributed by atoms with E-state index in [0.717, 1.165) is 0 Å². The zero-order valence-corrected chi connectivity index (χ0v) is 5.45. The summed E-state index contributed by atoms with van der Waals surface area (Å²) in [4.78, 5) is 10.2. The van der Waals surface area contributed by atoms with Crippen LogP contribution >= 0.6 is 0 Å². The van der Waals surface area contributed by atoms with E-state index in [-0.39, 0.29) is 6.42 Å². The van der Waals surface area contributed by atoms with Crippen molar-refractivity contribution in [1.82, 2.24) is 0 Å². The number of aliphatic hydroxyl groups excluding tert-OH is 1. The monoisotopic (exact) mass is 145 g/mol. The number of hydrogen-bond acceptors (Lipinski definition) is 4. The minimum atomic E-state index is -1.24. The topological polar surface area (TPSA) is 69.6 Å². The van der Waals surface area contributed by atoms with E-state index in [1.807, 2.05) is 0 Å². The third kappa shape index (κ3) is 1.68. The van der Waals surface area contributed by atoms with Crippen LogP contribution in [-0.4, -0.2) is 29.9 Å². The zero-order chi connectivity index (χ0) is 7.56. The van der Waals surface area contributed by atoms with Crippen molar-refractivity contribution in [3.05, 3.63) is 0 Å². The van der Waals surface area contributed by atoms with Gasteiger partial charge in [0.05, 0.1) is 18.2 Å². The van der Waals surface area contributed by atoms with Gasteiger partial charge in [0.1, 0.15) is 0 Å². The maximum atomic E-state index is 10.2. The first-order valence-corrected chi connectivity index (χ1v) is 3.20. The second-order valence-electron chi connectivity index (χ2n) is 2.36. The van der Waals surface area contributed by atoms with Crippen LogP contribution in [0.5, 0.6) is 0 Å². The Bertz CT molecular complexity index is 134. The van der Waals surface area contributed by atoms with Crippen LogP contribution in [-0.2, 0) is 9.53 Å². The van der Waals surface area contributed by atoms with E-state index < -0.39 is 18.2 Å². The molecule has 1 unspecified atom stereocenters. The van der Waals surface area contributed by atoms with Crippen molar-refractivity contribution in [3.8, 4) is 0 Å². The maximum absolute atomic E-state index is 10.2. The summed E-state index contributed by atoms with van der Waals surface area (Å²) in [7, 11) is 0. The minimum absolute atomic E-state index is 0.155. The summed E-state index contributed by atoms with van der Waals surface area (Å²) >= 11 is 0. The van der Waals surface area contributed by atoms with Crippen molar-refractivity contribution in [2.45, 2.75) is 25.0 Å². The van der Waals surface area contributed by atoms with Crippen LogP contribution in [0, 0.1) is 0 Å². The Labute approximate surface area is 58.4 Å². The van der Waals surface area contributed by atoms with Gasteiger partial charge < -0.3 is 19.7 Å². The highest BCUT2D eigenvalue weighted by atomic mass is 16.5. The second-order valence-corrected chi connectivity index (χ2v) is 2.36. The van der Waals surface area contributed by atoms with Gasteiger partial charge in [0.2, 0.25) is 0 Å². The molecule has 0 radical (unpaired) electrons. The van der Waals surface area contributed by atoms with Crippen LogP contribution in [0.1, 0.15) is 12.8 Å². The summed E-state index contributed by atoms with van der Waals surface area (Å²) < 4.78 is 4.79. The van der Waals surface area contributed by atoms with Crippen LogP contribution in [0.3, 0.4) is 0 Å². The summed E-state index contributed by atoms with van der Waals surface area (Å²) in [6.45, 7) is 0.305. The van der Waals surface area contributed by atoms with Gasteiger partial charge in [-0.25, -0.2) is 0 Å². The lowest BCUT2D eigenvalue weighted by Crippen LogP contribution is -2.42. The Hall–Kier alpha value is -0.610. The van der Waals surface area contributed by atoms with Gasteiger partial charge in [-0.1, -0.05) is 0 Å². The number of aliphatic carboxylic acids is 1. The van der Waals surface area contributed by atoms with Gasteiger partial charge in [-0.2, -0.15) is 0 Å². The standard InChI is InChI=1S/C6H10O4/c7-4-1-2-10-5(3-4)6(8)9/h4-5,7H,1-3H2,(H,8,9)/p-1/t4-,5?/m1/s1. The molecule has 4 heteroatoms. The molecule has 1 heterocycles. The molecular weight excluding hydrogens is 136 g/mol. The third-order valence-electron chi connectivity index (χ3n) is 1.52. The molecule has 4 nitrogen and oxygen atoms in total. The van der Waals surface area contributed by atoms with Crippen molar-refractivity contribution in [2.24, 2.45) is 0 Å². The van der Waals surface area contributed by atoms with Gasteiger partial charge in [-0.3, -0.25) is 0 Å². The summed E-state index contributed by atoms with van der Waals surface area (Å²) in [5, 5.41) is 19.1. The predicted octanol–water partition coefficient (Wildman–Crippen LogP) is -1.72. The maximum Gasteiger partial charge on any atom is 0.0993 e. The Morgan fingerprint density at radius 1 is 1.70 bits per heavy atom. The lowest BCUT2D eigenvalue weighted by molar-refractivity contribution is -0.319. The fourth-order valence-corrected chi connectivity index (χ4v) is 0.944. The van der Waals surface area contributed by atoms with Crippen LogP contribution in [0.15, 0.2) is 0 Å². The zero-order valence-electron chi connectivity index (χ0n) is 5.45. The second kappa shape index (κ2) is 2.98. The van der Waals surface area contributed by atoms with Gasteiger partial charge in [0, 0.05) is 13.0 Å². The number of ether oxygens (including phenoxy) is 1. The predicted molar refractivity (Wildman–Crippen MR) is 30.0 cm³/mol. The van der Waals surface area contributed by atoms with Crippen LogP contribution in [0.2, 0.25) is 0 Å². The van der Waals surface area contributed by atoms with Gasteiger partial charge in [-0.05, 0) is 6.42 Å². The Morgan fingerprint density at radius 3 is 2.80 bits per heavy atom. The quantitative estimate of drug-likeness (QED) is 0.476. The fraction of sp³-hybridized carbons (Fsp3) is 0.833. The van der Waals surface area contributed by atoms with E-state index in [2.05, 4.69) is 0 Å². The first-order valence-electron chi connectivity index (χ1n) is 3.20. The largest absolute Gasteiger partial charge is 0.547 e. The number of carboxylic acid groups (broad SMARTS) is 1. The molecule has 1 fully saturated rings. The van der Waals surface area contributed by atoms with Crippen LogP contribution in [0.25, 0.3) is 0 Å². The van der Waals surface area contributed by atoms with Gasteiger partial charge in [0.25, 0.3) is 0 Å². The van der Waals surface area contributed by atoms with Gasteiger partial charge in [-0.15, -0.1) is 0 Å². The molecule has 0 aromatic heterocycles. The summed E-state index contributed by atoms with van der Waals surface area (Å²) in [5.41, 5.74) is 0. The molecule has 1 N–H and O–H groups in total. The summed E-state index contributed by atoms with van der Waals surface area (Å²) in [5.74, 6) is -1.24. The van der Waals surface area contributed by atoms with Crippen molar-refractivity contribution in [3.63, 3.8) is 0 Å². The number of carboxylic acids is 1. The number of aliphatic hydroxyl groups is 1. The third-order valence-corrected chi connectivity index (χ3v) is 1.52. The first-order chi connectivity index (χ1) is 4.70. The smallest absolute Gasteiger partial charge is 0.0993 e. The van der Waals surface area contributed by atoms with E-state index in [1.54, 1.807) is 0 Å². The number of rotatable bonds is 1. The molecule has 0 bridgehead atoms. The molecule has 58 valence electrons. The van der Waals surface area contributed by atoms with E-state index in [0.29, 0.717) is 13.0 Å². The highest BCUT2D eigenvalue weighted by Crippen LogP contribution is 2.12. The van der Waals surface area contributed by atoms with E-state index in [4.69, 9.17) is 9.84 Å². The molecule has 0 saturated carbocycles. The van der Waals surface area contributed by atoms with Crippen molar-refractivity contribution in [1.29, 1.82) is 0 Å². The highest BCUT2D eigenvalue weighted by Gasteiger charge is 2.20. The van der Waals surface area contributed by atoms with E-state index >= 15 is 0 Å². The van der Waals surface area contributed by atoms with E-state index in [9.17, 15) is 9.90 Å². The Morgan fingerprint density at radius 2 is 2.40 bits per heavy atom. The normalized spacial score (nSPS) is 33.7. The molecule has 1 rings (SSSR count). The van der Waals surface area contributed by atoms with E-state index in [1.165, 1.54) is 0 Å². The Kier molecular flexibility index (Phi) is 2.24. The van der Waals surface area contributed by atoms with Crippen LogP contribution < -0.4 is 5.11 Å². The van der Waals surface area contributed by atoms with Gasteiger partial charge in [0.15, 0.2) is 0 Å². The lowest BCUT2D eigenvalue weighted by Gasteiger charge is -2.26. The van der Waals surface area contributed by atoms with Crippen molar-refractivity contribution in [2.75, 3.05) is 6.61 Å². The molecule has 0 aromatic rings. The van der Waals surface area contributed by atoms with Crippen molar-refractivity contribution < 1.29 is 19.7 Å². The molecule has 1 saturated heterocycles. The SMILES string of the molecule is O=C([O-])C1C[C@H](O)CCO1. The molecule has 1 aliphatic rings. The van der Waals surface area contributed by atoms with Gasteiger partial charge >= 0.3 is 0 Å². The lowest BCUT2D eigenvalue weighted by atomic mass is 10.1. The summed E-state index contributed by atoms with van der Waals surface area (Å²) in [6.07, 6.45) is -0.785.